The summed E-state index contributed by atoms with van der Waals surface area (Å²) >= 11 is 0. The zero-order valence-electron chi connectivity index (χ0n) is 16.9. The topological polar surface area (TPSA) is 60.7 Å². The zero-order chi connectivity index (χ0) is 19.6. The van der Waals surface area contributed by atoms with Crippen molar-refractivity contribution in [1.29, 1.82) is 0 Å². The molecule has 0 aliphatic heterocycles. The molecule has 0 saturated carbocycles. The highest BCUT2D eigenvalue weighted by atomic mass is 16.5. The van der Waals surface area contributed by atoms with Gasteiger partial charge < -0.3 is 19.1 Å². The Morgan fingerprint density at radius 3 is 2.33 bits per heavy atom. The molecule has 0 amide bonds. The summed E-state index contributed by atoms with van der Waals surface area (Å²) in [4.78, 5) is 13.1. The number of nitrogens with zero attached hydrogens (tertiary/aromatic N) is 1. The second-order valence-electron chi connectivity index (χ2n) is 6.99. The van der Waals surface area contributed by atoms with Crippen LogP contribution in [0.5, 0.6) is 17.2 Å². The molecule has 1 N–H and O–H groups in total. The first-order valence-corrected chi connectivity index (χ1v) is 10.2. The first-order chi connectivity index (χ1) is 13.1. The van der Waals surface area contributed by atoms with E-state index in [4.69, 9.17) is 9.47 Å². The molecule has 0 aliphatic carbocycles. The van der Waals surface area contributed by atoms with Gasteiger partial charge in [0.2, 0.25) is 5.75 Å². The van der Waals surface area contributed by atoms with Crippen molar-refractivity contribution in [3.05, 3.63) is 28.6 Å². The molecule has 0 unspecified atom stereocenters. The van der Waals surface area contributed by atoms with Gasteiger partial charge in [-0.15, -0.1) is 0 Å². The van der Waals surface area contributed by atoms with E-state index in [0.717, 1.165) is 50.3 Å². The number of hydrogen-bond acceptors (Lipinski definition) is 4. The average Bonchev–Trinajstić information content (AvgIpc) is 2.67. The maximum atomic E-state index is 13.1. The molecule has 0 radical (unpaired) electrons. The minimum atomic E-state index is -0.183. The first kappa shape index (κ1) is 21.1. The third kappa shape index (κ3) is 5.41. The van der Waals surface area contributed by atoms with Crippen LogP contribution in [0.3, 0.4) is 0 Å². The van der Waals surface area contributed by atoms with Crippen molar-refractivity contribution in [1.82, 2.24) is 4.57 Å². The van der Waals surface area contributed by atoms with Crippen molar-refractivity contribution in [3.8, 4) is 17.2 Å². The lowest BCUT2D eigenvalue weighted by molar-refractivity contribution is 0.280. The van der Waals surface area contributed by atoms with Gasteiger partial charge in [0, 0.05) is 18.0 Å². The van der Waals surface area contributed by atoms with Gasteiger partial charge in [0.15, 0.2) is 5.75 Å². The fourth-order valence-corrected chi connectivity index (χ4v) is 3.34. The van der Waals surface area contributed by atoms with Crippen LogP contribution in [0, 0.1) is 0 Å². The van der Waals surface area contributed by atoms with Crippen LogP contribution in [-0.2, 0) is 6.54 Å². The monoisotopic (exact) mass is 375 g/mol. The molecule has 0 atom stereocenters. The molecule has 2 rings (SSSR count). The van der Waals surface area contributed by atoms with Gasteiger partial charge in [-0.05, 0) is 25.0 Å². The second-order valence-corrected chi connectivity index (χ2v) is 6.99. The predicted octanol–water partition coefficient (Wildman–Crippen LogP) is 5.26. The van der Waals surface area contributed by atoms with E-state index in [9.17, 15) is 9.90 Å². The number of aromatic nitrogens is 1. The Balaban J connectivity index is 2.39. The summed E-state index contributed by atoms with van der Waals surface area (Å²) in [5, 5.41) is 10.7. The Morgan fingerprint density at radius 2 is 1.67 bits per heavy atom. The normalized spacial score (nSPS) is 11.1. The summed E-state index contributed by atoms with van der Waals surface area (Å²) in [5.41, 5.74) is 0.503. The zero-order valence-corrected chi connectivity index (χ0v) is 16.9. The van der Waals surface area contributed by atoms with Gasteiger partial charge in [-0.2, -0.15) is 0 Å². The largest absolute Gasteiger partial charge is 0.508 e. The van der Waals surface area contributed by atoms with Crippen LogP contribution in [-0.4, -0.2) is 23.4 Å². The maximum Gasteiger partial charge on any atom is 0.297 e. The molecule has 0 aliphatic rings. The van der Waals surface area contributed by atoms with Crippen molar-refractivity contribution >= 4 is 10.9 Å². The van der Waals surface area contributed by atoms with Crippen LogP contribution < -0.4 is 15.0 Å². The molecular weight excluding hydrogens is 342 g/mol. The lowest BCUT2D eigenvalue weighted by Crippen LogP contribution is -2.24. The van der Waals surface area contributed by atoms with Gasteiger partial charge in [0.05, 0.1) is 19.2 Å². The molecule has 0 saturated heterocycles. The van der Waals surface area contributed by atoms with Gasteiger partial charge in [-0.1, -0.05) is 52.4 Å². The van der Waals surface area contributed by atoms with E-state index < -0.39 is 0 Å². The van der Waals surface area contributed by atoms with E-state index in [1.54, 1.807) is 29.9 Å². The third-order valence-electron chi connectivity index (χ3n) is 4.85. The van der Waals surface area contributed by atoms with Crippen molar-refractivity contribution < 1.29 is 14.6 Å². The van der Waals surface area contributed by atoms with Crippen molar-refractivity contribution in [3.63, 3.8) is 0 Å². The SMILES string of the molecule is CCCCCCOc1c(OC)c2ccc(O)cc2n(CCCCCC)c1=O. The van der Waals surface area contributed by atoms with Gasteiger partial charge in [-0.3, -0.25) is 4.79 Å². The number of hydrogen-bond donors (Lipinski definition) is 1. The van der Waals surface area contributed by atoms with Crippen molar-refractivity contribution in [2.75, 3.05) is 13.7 Å². The van der Waals surface area contributed by atoms with E-state index in [-0.39, 0.29) is 17.1 Å². The lowest BCUT2D eigenvalue weighted by atomic mass is 10.1. The Bertz CT molecular complexity index is 782. The standard InChI is InChI=1S/C22H33NO4/c1-4-6-8-10-14-23-19-16-17(24)12-13-18(19)20(26-3)21(22(23)25)27-15-11-9-7-5-2/h12-13,16,24H,4-11,14-15H2,1-3H3. The number of rotatable bonds is 12. The van der Waals surface area contributed by atoms with E-state index in [0.29, 0.717) is 24.4 Å². The highest BCUT2D eigenvalue weighted by molar-refractivity contribution is 5.89. The summed E-state index contributed by atoms with van der Waals surface area (Å²) in [6, 6.07) is 5.03. The minimum Gasteiger partial charge on any atom is -0.508 e. The molecule has 1 aromatic heterocycles. The maximum absolute atomic E-state index is 13.1. The van der Waals surface area contributed by atoms with Crippen LogP contribution in [0.25, 0.3) is 10.9 Å². The Kier molecular flexibility index (Phi) is 8.49. The number of phenolic OH excluding ortho intramolecular Hbond substituents is 1. The Morgan fingerprint density at radius 1 is 0.963 bits per heavy atom. The smallest absolute Gasteiger partial charge is 0.297 e. The number of unbranched alkanes of at least 4 members (excludes halogenated alkanes) is 6. The summed E-state index contributed by atoms with van der Waals surface area (Å²) in [6.07, 6.45) is 8.61. The highest BCUT2D eigenvalue weighted by Crippen LogP contribution is 2.34. The summed E-state index contributed by atoms with van der Waals surface area (Å²) in [6.45, 7) is 5.44. The molecule has 5 nitrogen and oxygen atoms in total. The number of pyridine rings is 1. The molecule has 0 bridgehead atoms. The van der Waals surface area contributed by atoms with Gasteiger partial charge in [0.1, 0.15) is 5.75 Å². The van der Waals surface area contributed by atoms with Crippen LogP contribution >= 0.6 is 0 Å². The number of aryl methyl sites for hydroxylation is 1. The summed E-state index contributed by atoms with van der Waals surface area (Å²) in [7, 11) is 1.55. The van der Waals surface area contributed by atoms with Crippen LogP contribution in [0.15, 0.2) is 23.0 Å². The molecule has 27 heavy (non-hydrogen) atoms. The number of benzene rings is 1. The average molecular weight is 376 g/mol. The van der Waals surface area contributed by atoms with Gasteiger partial charge >= 0.3 is 0 Å². The summed E-state index contributed by atoms with van der Waals surface area (Å²) in [5.74, 6) is 0.873. The predicted molar refractivity (Wildman–Crippen MR) is 110 cm³/mol. The van der Waals surface area contributed by atoms with Crippen molar-refractivity contribution in [2.24, 2.45) is 0 Å². The highest BCUT2D eigenvalue weighted by Gasteiger charge is 2.19. The number of fused-ring (bicyclic) bond motifs is 1. The molecule has 0 fully saturated rings. The molecule has 1 heterocycles. The fourth-order valence-electron chi connectivity index (χ4n) is 3.34. The van der Waals surface area contributed by atoms with E-state index in [1.807, 2.05) is 0 Å². The number of phenols is 1. The molecule has 0 spiro atoms. The molecular formula is C22H33NO4. The molecule has 5 heteroatoms. The quantitative estimate of drug-likeness (QED) is 0.514. The van der Waals surface area contributed by atoms with Crippen LogP contribution in [0.2, 0.25) is 0 Å². The first-order valence-electron chi connectivity index (χ1n) is 10.2. The van der Waals surface area contributed by atoms with Gasteiger partial charge in [-0.25, -0.2) is 0 Å². The van der Waals surface area contributed by atoms with E-state index >= 15 is 0 Å². The van der Waals surface area contributed by atoms with E-state index in [2.05, 4.69) is 13.8 Å². The number of aromatic hydroxyl groups is 1. The lowest BCUT2D eigenvalue weighted by Gasteiger charge is -2.17. The Hall–Kier alpha value is -2.17. The third-order valence-corrected chi connectivity index (χ3v) is 4.85. The minimum absolute atomic E-state index is 0.138. The number of methoxy groups -OCH3 is 1. The molecule has 1 aromatic carbocycles. The van der Waals surface area contributed by atoms with Crippen LogP contribution in [0.4, 0.5) is 0 Å². The second kappa shape index (κ2) is 10.9. The Labute approximate surface area is 161 Å². The van der Waals surface area contributed by atoms with Crippen LogP contribution in [0.1, 0.15) is 65.2 Å². The molecule has 150 valence electrons. The van der Waals surface area contributed by atoms with Gasteiger partial charge in [0.25, 0.3) is 5.56 Å². The van der Waals surface area contributed by atoms with E-state index in [1.165, 1.54) is 6.42 Å². The van der Waals surface area contributed by atoms with Crippen molar-refractivity contribution in [2.45, 2.75) is 71.8 Å². The number of ether oxygens (including phenoxy) is 2. The fraction of sp³-hybridized carbons (Fsp3) is 0.591. The molecule has 2 aromatic rings. The summed E-state index contributed by atoms with van der Waals surface area (Å²) < 4.78 is 13.1.